The van der Waals surface area contributed by atoms with Crippen LogP contribution in [0.15, 0.2) is 12.7 Å². The van der Waals surface area contributed by atoms with Crippen molar-refractivity contribution in [3.8, 4) is 0 Å². The van der Waals surface area contributed by atoms with E-state index in [-0.39, 0.29) is 37.1 Å². The molecule has 272 valence electrons. The van der Waals surface area contributed by atoms with Crippen LogP contribution >= 0.6 is 0 Å². The number of nitrogens with zero attached hydrogens (tertiary/aromatic N) is 1. The van der Waals surface area contributed by atoms with Gasteiger partial charge in [0.25, 0.3) is 0 Å². The lowest BCUT2D eigenvalue weighted by atomic mass is 9.73. The van der Waals surface area contributed by atoms with Crippen molar-refractivity contribution in [1.29, 1.82) is 0 Å². The van der Waals surface area contributed by atoms with Crippen LogP contribution in [0.1, 0.15) is 81.1 Å². The van der Waals surface area contributed by atoms with Gasteiger partial charge in [0, 0.05) is 30.3 Å². The van der Waals surface area contributed by atoms with Gasteiger partial charge in [0.1, 0.15) is 29.5 Å². The van der Waals surface area contributed by atoms with Gasteiger partial charge in [-0.3, -0.25) is 14.4 Å². The number of hydrogen-bond donors (Lipinski definition) is 3. The molecule has 3 aliphatic rings. The summed E-state index contributed by atoms with van der Waals surface area (Å²) in [5.41, 5.74) is -3.01. The number of rotatable bonds is 7. The van der Waals surface area contributed by atoms with E-state index in [1.807, 2.05) is 19.0 Å². The third kappa shape index (κ3) is 8.22. The summed E-state index contributed by atoms with van der Waals surface area (Å²) in [5.74, 6) is -5.34. The molecule has 2 saturated heterocycles. The standard InChI is InChI=1S/C35H57N3O10/c1-12-14-36-32(43)47-34(8)17-19(4)26(39)20(5)29-35(9,48-33(44)37-29)25(13-2)46-31(42)22(7)27(40)21(6)30(34)45-24-16-18(3)15-23(28(24)41)38(10)11/h12,18-25,28-30,41H,1,13-17H2,2-11H3,(H,36,43)(H,37,44)/t18-,19-,20+,21+,22-,23+,24-,25-,28-,29-,30-,34+,35-/m1/s1. The zero-order valence-electron chi connectivity index (χ0n) is 30.2. The van der Waals surface area contributed by atoms with Crippen LogP contribution in [-0.4, -0.2) is 108 Å². The quantitative estimate of drug-likeness (QED) is 0.156. The zero-order chi connectivity index (χ0) is 36.3. The Kier molecular flexibility index (Phi) is 12.9. The Morgan fingerprint density at radius 1 is 1.08 bits per heavy atom. The van der Waals surface area contributed by atoms with Crippen LogP contribution in [0.2, 0.25) is 0 Å². The van der Waals surface area contributed by atoms with Crippen molar-refractivity contribution >= 4 is 29.7 Å². The lowest BCUT2D eigenvalue weighted by Crippen LogP contribution is -2.60. The van der Waals surface area contributed by atoms with Crippen molar-refractivity contribution in [2.45, 2.75) is 129 Å². The third-order valence-electron chi connectivity index (χ3n) is 10.7. The molecule has 0 aromatic rings. The Morgan fingerprint density at radius 2 is 1.73 bits per heavy atom. The van der Waals surface area contributed by atoms with E-state index in [2.05, 4.69) is 24.1 Å². The first-order chi connectivity index (χ1) is 22.3. The van der Waals surface area contributed by atoms with E-state index in [1.54, 1.807) is 41.5 Å². The molecule has 0 aromatic carbocycles. The highest BCUT2D eigenvalue weighted by atomic mass is 16.6. The molecule has 3 N–H and O–H groups in total. The van der Waals surface area contributed by atoms with Crippen LogP contribution in [0.3, 0.4) is 0 Å². The number of ether oxygens (including phenoxy) is 4. The fourth-order valence-corrected chi connectivity index (χ4v) is 7.96. The highest BCUT2D eigenvalue weighted by Crippen LogP contribution is 2.41. The summed E-state index contributed by atoms with van der Waals surface area (Å²) in [7, 11) is 3.75. The molecule has 3 rings (SSSR count). The second-order valence-corrected chi connectivity index (χ2v) is 14.8. The van der Waals surface area contributed by atoms with E-state index < -0.39 is 89.3 Å². The van der Waals surface area contributed by atoms with Gasteiger partial charge in [-0.25, -0.2) is 9.59 Å². The number of esters is 1. The predicted molar refractivity (Wildman–Crippen MR) is 177 cm³/mol. The molecule has 0 unspecified atom stereocenters. The van der Waals surface area contributed by atoms with Crippen LogP contribution in [0.25, 0.3) is 0 Å². The summed E-state index contributed by atoms with van der Waals surface area (Å²) in [6.07, 6.45) is -2.50. The van der Waals surface area contributed by atoms with Crippen LogP contribution in [0.4, 0.5) is 9.59 Å². The number of nitrogens with one attached hydrogen (secondary N) is 2. The number of carbonyl (C=O) groups is 5. The Balaban J connectivity index is 2.18. The van der Waals surface area contributed by atoms with Crippen molar-refractivity contribution in [2.75, 3.05) is 20.6 Å². The van der Waals surface area contributed by atoms with Crippen molar-refractivity contribution in [3.63, 3.8) is 0 Å². The molecule has 2 heterocycles. The Bertz CT molecular complexity index is 1230. The van der Waals surface area contributed by atoms with Gasteiger partial charge in [-0.2, -0.15) is 0 Å². The average Bonchev–Trinajstić information content (AvgIpc) is 3.34. The molecule has 1 saturated carbocycles. The third-order valence-corrected chi connectivity index (χ3v) is 10.7. The van der Waals surface area contributed by atoms with Gasteiger partial charge < -0.3 is 39.6 Å². The van der Waals surface area contributed by atoms with Crippen molar-refractivity contribution in [3.05, 3.63) is 12.7 Å². The maximum Gasteiger partial charge on any atom is 0.408 e. The minimum absolute atomic E-state index is 0.0658. The molecule has 1 aliphatic carbocycles. The fraction of sp³-hybridized carbons (Fsp3) is 0.800. The second-order valence-electron chi connectivity index (χ2n) is 14.8. The molecule has 0 radical (unpaired) electrons. The van der Waals surface area contributed by atoms with Gasteiger partial charge in [0.05, 0.1) is 18.2 Å². The van der Waals surface area contributed by atoms with Gasteiger partial charge in [-0.15, -0.1) is 6.58 Å². The minimum Gasteiger partial charge on any atom is -0.458 e. The molecular weight excluding hydrogens is 622 g/mol. The smallest absolute Gasteiger partial charge is 0.408 e. The number of alkyl carbamates (subject to hydrolysis) is 2. The number of hydrogen-bond acceptors (Lipinski definition) is 11. The van der Waals surface area contributed by atoms with Crippen molar-refractivity contribution in [1.82, 2.24) is 15.5 Å². The lowest BCUT2D eigenvalue weighted by molar-refractivity contribution is -0.198. The van der Waals surface area contributed by atoms with Crippen LogP contribution in [-0.2, 0) is 33.3 Å². The second kappa shape index (κ2) is 15.7. The van der Waals surface area contributed by atoms with E-state index in [1.165, 1.54) is 13.0 Å². The zero-order valence-corrected chi connectivity index (χ0v) is 30.2. The number of cyclic esters (lactones) is 1. The summed E-state index contributed by atoms with van der Waals surface area (Å²) in [5, 5.41) is 16.8. The molecule has 2 aliphatic heterocycles. The summed E-state index contributed by atoms with van der Waals surface area (Å²) in [4.78, 5) is 69.7. The number of aliphatic hydroxyl groups excluding tert-OH is 1. The number of Topliss-reactive ketones (excluding diaryl/α,β-unsaturated/α-hetero) is 2. The van der Waals surface area contributed by atoms with Crippen molar-refractivity contribution < 1.29 is 48.0 Å². The maximum absolute atomic E-state index is 14.2. The molecule has 48 heavy (non-hydrogen) atoms. The van der Waals surface area contributed by atoms with Crippen molar-refractivity contribution in [2.24, 2.45) is 29.6 Å². The minimum atomic E-state index is -1.61. The molecule has 2 amide bonds. The molecular formula is C35H57N3O10. The molecule has 0 spiro atoms. The number of likely N-dealkylation sites (N-methyl/N-ethyl adjacent to an activating group) is 1. The highest BCUT2D eigenvalue weighted by Gasteiger charge is 2.57. The van der Waals surface area contributed by atoms with E-state index in [4.69, 9.17) is 18.9 Å². The highest BCUT2D eigenvalue weighted by molar-refractivity contribution is 6.00. The summed E-state index contributed by atoms with van der Waals surface area (Å²) >= 11 is 0. The number of aliphatic hydroxyl groups is 1. The van der Waals surface area contributed by atoms with Gasteiger partial charge >= 0.3 is 18.2 Å². The topological polar surface area (TPSA) is 170 Å². The van der Waals surface area contributed by atoms with Gasteiger partial charge in [-0.05, 0) is 66.5 Å². The van der Waals surface area contributed by atoms with E-state index in [9.17, 15) is 29.1 Å². The van der Waals surface area contributed by atoms with Gasteiger partial charge in [0.2, 0.25) is 0 Å². The first-order valence-corrected chi connectivity index (χ1v) is 17.2. The lowest BCUT2D eigenvalue weighted by Gasteiger charge is -2.47. The number of amides is 2. The first kappa shape index (κ1) is 39.4. The SMILES string of the molecule is C=CCNC(=O)O[C@@]1(C)C[C@@H](C)C(=O)[C@H](C)[C@H]2NC(=O)O[C@]2(C)[C@@H](CC)OC(=O)[C@H](C)C(=O)[C@H](C)[C@H]1O[C@@H]1C[C@H](C)C[C@H](N(C)C)[C@H]1O. The van der Waals surface area contributed by atoms with E-state index in [0.29, 0.717) is 6.42 Å². The number of ketones is 2. The number of carbonyl (C=O) groups excluding carboxylic acids is 5. The van der Waals surface area contributed by atoms with Crippen LogP contribution < -0.4 is 10.6 Å². The van der Waals surface area contributed by atoms with Gasteiger partial charge in [0.15, 0.2) is 11.4 Å². The largest absolute Gasteiger partial charge is 0.458 e. The molecule has 0 aromatic heterocycles. The molecule has 3 fully saturated rings. The molecule has 13 nitrogen and oxygen atoms in total. The predicted octanol–water partition coefficient (Wildman–Crippen LogP) is 3.41. The molecule has 13 atom stereocenters. The normalized spacial score (nSPS) is 41.4. The van der Waals surface area contributed by atoms with Gasteiger partial charge in [-0.1, -0.05) is 40.7 Å². The van der Waals surface area contributed by atoms with E-state index >= 15 is 0 Å². The summed E-state index contributed by atoms with van der Waals surface area (Å²) in [6.45, 7) is 17.2. The first-order valence-electron chi connectivity index (χ1n) is 17.2. The average molecular weight is 680 g/mol. The van der Waals surface area contributed by atoms with E-state index in [0.717, 1.165) is 6.42 Å². The Labute approximate surface area is 284 Å². The monoisotopic (exact) mass is 679 g/mol. The summed E-state index contributed by atoms with van der Waals surface area (Å²) < 4.78 is 24.4. The Hall–Kier alpha value is -3.03. The number of fused-ring (bicyclic) bond motifs is 1. The summed E-state index contributed by atoms with van der Waals surface area (Å²) in [6, 6.07) is -1.09. The molecule has 0 bridgehead atoms. The van der Waals surface area contributed by atoms with Crippen LogP contribution in [0.5, 0.6) is 0 Å². The maximum atomic E-state index is 14.2. The van der Waals surface area contributed by atoms with Crippen LogP contribution in [0, 0.1) is 29.6 Å². The fourth-order valence-electron chi connectivity index (χ4n) is 7.96. The molecule has 13 heteroatoms. The Morgan fingerprint density at radius 3 is 2.31 bits per heavy atom.